The number of aryl methyl sites for hydroxylation is 1. The fraction of sp³-hybridized carbons (Fsp3) is 0.786. The number of piperidine rings is 1. The monoisotopic (exact) mass is 250 g/mol. The Morgan fingerprint density at radius 3 is 3.06 bits per heavy atom. The number of rotatable bonds is 6. The summed E-state index contributed by atoms with van der Waals surface area (Å²) in [6.07, 6.45) is 7.26. The van der Waals surface area contributed by atoms with Gasteiger partial charge >= 0.3 is 0 Å². The third-order valence-electron chi connectivity index (χ3n) is 3.97. The van der Waals surface area contributed by atoms with Crippen molar-refractivity contribution in [2.24, 2.45) is 7.05 Å². The maximum absolute atomic E-state index is 4.17. The van der Waals surface area contributed by atoms with Gasteiger partial charge in [-0.1, -0.05) is 6.42 Å². The lowest BCUT2D eigenvalue weighted by Crippen LogP contribution is -2.38. The number of nitrogens with one attached hydrogen (secondary N) is 1. The molecular weight excluding hydrogens is 224 g/mol. The highest BCUT2D eigenvalue weighted by atomic mass is 15.3. The van der Waals surface area contributed by atoms with Crippen LogP contribution in [0.2, 0.25) is 0 Å². The van der Waals surface area contributed by atoms with Gasteiger partial charge in [0.15, 0.2) is 0 Å². The molecule has 1 saturated heterocycles. The molecule has 0 aliphatic carbocycles. The molecule has 2 rings (SSSR count). The SMILES string of the molecule is CC1CCCCN1CCCNCc1ccnn1C. The molecule has 1 fully saturated rings. The first-order valence-electron chi connectivity index (χ1n) is 7.19. The van der Waals surface area contributed by atoms with Crippen LogP contribution in [0.3, 0.4) is 0 Å². The number of hydrogen-bond donors (Lipinski definition) is 1. The van der Waals surface area contributed by atoms with E-state index in [0.29, 0.717) is 0 Å². The first kappa shape index (κ1) is 13.6. The van der Waals surface area contributed by atoms with Gasteiger partial charge in [-0.25, -0.2) is 0 Å². The molecule has 4 nitrogen and oxygen atoms in total. The van der Waals surface area contributed by atoms with Crippen LogP contribution in [0.25, 0.3) is 0 Å². The van der Waals surface area contributed by atoms with Crippen molar-refractivity contribution in [3.05, 3.63) is 18.0 Å². The number of nitrogens with zero attached hydrogens (tertiary/aromatic N) is 3. The van der Waals surface area contributed by atoms with E-state index < -0.39 is 0 Å². The van der Waals surface area contributed by atoms with Crippen LogP contribution in [0.5, 0.6) is 0 Å². The number of aromatic nitrogens is 2. The third kappa shape index (κ3) is 3.82. The van der Waals surface area contributed by atoms with E-state index in [4.69, 9.17) is 0 Å². The number of likely N-dealkylation sites (tertiary alicyclic amines) is 1. The van der Waals surface area contributed by atoms with Gasteiger partial charge in [-0.3, -0.25) is 4.68 Å². The van der Waals surface area contributed by atoms with Crippen LogP contribution < -0.4 is 5.32 Å². The molecule has 1 aromatic heterocycles. The molecule has 1 aromatic rings. The molecule has 2 heterocycles. The van der Waals surface area contributed by atoms with E-state index in [1.165, 1.54) is 44.5 Å². The van der Waals surface area contributed by atoms with Crippen molar-refractivity contribution in [3.63, 3.8) is 0 Å². The summed E-state index contributed by atoms with van der Waals surface area (Å²) in [5, 5.41) is 7.66. The van der Waals surface area contributed by atoms with Gasteiger partial charge in [0.2, 0.25) is 0 Å². The van der Waals surface area contributed by atoms with Crippen LogP contribution in [0, 0.1) is 0 Å². The minimum Gasteiger partial charge on any atom is -0.311 e. The van der Waals surface area contributed by atoms with Crippen molar-refractivity contribution < 1.29 is 0 Å². The van der Waals surface area contributed by atoms with Gasteiger partial charge < -0.3 is 10.2 Å². The molecular formula is C14H26N4. The summed E-state index contributed by atoms with van der Waals surface area (Å²) in [6, 6.07) is 2.86. The predicted molar refractivity (Wildman–Crippen MR) is 74.4 cm³/mol. The standard InChI is InChI=1S/C14H26N4/c1-13-6-3-4-10-18(13)11-5-8-15-12-14-7-9-16-17(14)2/h7,9,13,15H,3-6,8,10-12H2,1-2H3. The Morgan fingerprint density at radius 2 is 2.33 bits per heavy atom. The van der Waals surface area contributed by atoms with Gasteiger partial charge in [0.25, 0.3) is 0 Å². The van der Waals surface area contributed by atoms with Gasteiger partial charge in [0, 0.05) is 25.8 Å². The Morgan fingerprint density at radius 1 is 1.44 bits per heavy atom. The topological polar surface area (TPSA) is 33.1 Å². The second-order valence-corrected chi connectivity index (χ2v) is 5.36. The quantitative estimate of drug-likeness (QED) is 0.781. The highest BCUT2D eigenvalue weighted by Crippen LogP contribution is 2.15. The van der Waals surface area contributed by atoms with E-state index in [-0.39, 0.29) is 0 Å². The minimum absolute atomic E-state index is 0.788. The average molecular weight is 250 g/mol. The molecule has 1 aliphatic heterocycles. The zero-order valence-corrected chi connectivity index (χ0v) is 11.7. The molecule has 4 heteroatoms. The molecule has 0 radical (unpaired) electrons. The summed E-state index contributed by atoms with van der Waals surface area (Å²) < 4.78 is 1.93. The molecule has 1 aliphatic rings. The van der Waals surface area contributed by atoms with E-state index in [2.05, 4.69) is 28.3 Å². The summed E-state index contributed by atoms with van der Waals surface area (Å²) in [7, 11) is 1.99. The van der Waals surface area contributed by atoms with E-state index in [0.717, 1.165) is 19.1 Å². The third-order valence-corrected chi connectivity index (χ3v) is 3.97. The Kier molecular flexibility index (Phi) is 5.20. The average Bonchev–Trinajstić information content (AvgIpc) is 2.77. The largest absolute Gasteiger partial charge is 0.311 e. The Bertz CT molecular complexity index is 347. The molecule has 18 heavy (non-hydrogen) atoms. The zero-order valence-electron chi connectivity index (χ0n) is 11.7. The molecule has 1 unspecified atom stereocenters. The first-order chi connectivity index (χ1) is 8.77. The maximum Gasteiger partial charge on any atom is 0.0518 e. The zero-order chi connectivity index (χ0) is 12.8. The van der Waals surface area contributed by atoms with Gasteiger partial charge in [0.1, 0.15) is 0 Å². The van der Waals surface area contributed by atoms with Crippen molar-refractivity contribution in [1.29, 1.82) is 0 Å². The molecule has 102 valence electrons. The highest BCUT2D eigenvalue weighted by molar-refractivity contribution is 4.98. The highest BCUT2D eigenvalue weighted by Gasteiger charge is 2.16. The summed E-state index contributed by atoms with van der Waals surface area (Å²) in [4.78, 5) is 2.63. The fourth-order valence-electron chi connectivity index (χ4n) is 2.69. The normalized spacial score (nSPS) is 21.3. The summed E-state index contributed by atoms with van der Waals surface area (Å²) in [5.74, 6) is 0. The molecule has 0 bridgehead atoms. The van der Waals surface area contributed by atoms with Crippen molar-refractivity contribution >= 4 is 0 Å². The van der Waals surface area contributed by atoms with Gasteiger partial charge in [-0.2, -0.15) is 5.10 Å². The summed E-state index contributed by atoms with van der Waals surface area (Å²) >= 11 is 0. The number of hydrogen-bond acceptors (Lipinski definition) is 3. The molecule has 0 spiro atoms. The van der Waals surface area contributed by atoms with E-state index in [1.54, 1.807) is 0 Å². The Labute approximate surface area is 110 Å². The maximum atomic E-state index is 4.17. The lowest BCUT2D eigenvalue weighted by Gasteiger charge is -2.33. The smallest absolute Gasteiger partial charge is 0.0518 e. The van der Waals surface area contributed by atoms with Crippen molar-refractivity contribution in [2.75, 3.05) is 19.6 Å². The first-order valence-corrected chi connectivity index (χ1v) is 7.19. The molecule has 0 saturated carbocycles. The lowest BCUT2D eigenvalue weighted by atomic mass is 10.0. The second-order valence-electron chi connectivity index (χ2n) is 5.36. The van der Waals surface area contributed by atoms with Crippen LogP contribution in [-0.2, 0) is 13.6 Å². The Balaban J connectivity index is 1.57. The van der Waals surface area contributed by atoms with Crippen molar-refractivity contribution in [3.8, 4) is 0 Å². The molecule has 0 amide bonds. The van der Waals surface area contributed by atoms with Crippen LogP contribution in [-0.4, -0.2) is 40.4 Å². The molecule has 1 N–H and O–H groups in total. The summed E-state index contributed by atoms with van der Waals surface area (Å²) in [5.41, 5.74) is 1.25. The van der Waals surface area contributed by atoms with Gasteiger partial charge in [-0.05, 0) is 51.9 Å². The fourth-order valence-corrected chi connectivity index (χ4v) is 2.69. The Hall–Kier alpha value is -0.870. The van der Waals surface area contributed by atoms with Crippen LogP contribution in [0.1, 0.15) is 38.3 Å². The summed E-state index contributed by atoms with van der Waals surface area (Å²) in [6.45, 7) is 6.91. The van der Waals surface area contributed by atoms with E-state index in [9.17, 15) is 0 Å². The van der Waals surface area contributed by atoms with Crippen molar-refractivity contribution in [2.45, 2.75) is 45.2 Å². The van der Waals surface area contributed by atoms with Crippen LogP contribution in [0.15, 0.2) is 12.3 Å². The van der Waals surface area contributed by atoms with Gasteiger partial charge in [0.05, 0.1) is 5.69 Å². The van der Waals surface area contributed by atoms with Gasteiger partial charge in [-0.15, -0.1) is 0 Å². The molecule has 1 atom stereocenters. The van der Waals surface area contributed by atoms with E-state index >= 15 is 0 Å². The molecule has 0 aromatic carbocycles. The predicted octanol–water partition coefficient (Wildman–Crippen LogP) is 1.77. The minimum atomic E-state index is 0.788. The lowest BCUT2D eigenvalue weighted by molar-refractivity contribution is 0.159. The van der Waals surface area contributed by atoms with Crippen LogP contribution in [0.4, 0.5) is 0 Å². The second kappa shape index (κ2) is 6.90. The van der Waals surface area contributed by atoms with Crippen LogP contribution >= 0.6 is 0 Å². The van der Waals surface area contributed by atoms with E-state index in [1.807, 2.05) is 17.9 Å². The van der Waals surface area contributed by atoms with Crippen molar-refractivity contribution in [1.82, 2.24) is 20.0 Å².